The van der Waals surface area contributed by atoms with E-state index >= 15 is 0 Å². The molecule has 1 saturated heterocycles. The topological polar surface area (TPSA) is 50.5 Å². The second-order valence-corrected chi connectivity index (χ2v) is 6.81. The van der Waals surface area contributed by atoms with Gasteiger partial charge in [-0.1, -0.05) is 17.7 Å². The highest BCUT2D eigenvalue weighted by Gasteiger charge is 2.29. The zero-order chi connectivity index (χ0) is 17.1. The first-order valence-corrected chi connectivity index (χ1v) is 8.67. The molecule has 5 nitrogen and oxygen atoms in total. The molecule has 1 aliphatic rings. The van der Waals surface area contributed by atoms with Gasteiger partial charge in [0.05, 0.1) is 7.11 Å². The van der Waals surface area contributed by atoms with Crippen LogP contribution in [0.4, 0.5) is 0 Å². The summed E-state index contributed by atoms with van der Waals surface area (Å²) in [6.45, 7) is 2.55. The maximum absolute atomic E-state index is 10.7. The molecule has 2 atom stereocenters. The van der Waals surface area contributed by atoms with Gasteiger partial charge in [0.2, 0.25) is 0 Å². The Morgan fingerprint density at radius 1 is 1.46 bits per heavy atom. The number of aryl methyl sites for hydroxylation is 1. The van der Waals surface area contributed by atoms with Gasteiger partial charge in [0.1, 0.15) is 17.7 Å². The molecule has 130 valence electrons. The van der Waals surface area contributed by atoms with Gasteiger partial charge in [-0.3, -0.25) is 4.90 Å². The molecule has 3 rings (SSSR count). The van der Waals surface area contributed by atoms with Crippen molar-refractivity contribution in [1.82, 2.24) is 14.5 Å². The first-order chi connectivity index (χ1) is 11.6. The predicted molar refractivity (Wildman–Crippen MR) is 94.2 cm³/mol. The Morgan fingerprint density at radius 3 is 3.00 bits per heavy atom. The molecule has 1 fully saturated rings. The average molecular weight is 350 g/mol. The molecule has 0 radical (unpaired) electrons. The molecule has 0 aliphatic carbocycles. The van der Waals surface area contributed by atoms with Gasteiger partial charge in [0, 0.05) is 49.0 Å². The minimum atomic E-state index is -0.541. The van der Waals surface area contributed by atoms with Gasteiger partial charge >= 0.3 is 0 Å². The number of rotatable bonds is 5. The summed E-state index contributed by atoms with van der Waals surface area (Å²) in [5.41, 5.74) is 1.01. The molecular weight excluding hydrogens is 326 g/mol. The molecule has 0 amide bonds. The van der Waals surface area contributed by atoms with Crippen LogP contribution in [0, 0.1) is 5.92 Å². The van der Waals surface area contributed by atoms with Gasteiger partial charge in [-0.2, -0.15) is 0 Å². The predicted octanol–water partition coefficient (Wildman–Crippen LogP) is 3.03. The molecule has 1 aliphatic heterocycles. The van der Waals surface area contributed by atoms with Crippen LogP contribution < -0.4 is 4.74 Å². The third-order valence-corrected chi connectivity index (χ3v) is 5.14. The second kappa shape index (κ2) is 7.55. The Labute approximate surface area is 147 Å². The Hall–Kier alpha value is -1.56. The molecule has 0 spiro atoms. The largest absolute Gasteiger partial charge is 0.496 e. The highest BCUT2D eigenvalue weighted by atomic mass is 35.5. The molecule has 6 heteroatoms. The van der Waals surface area contributed by atoms with Crippen LogP contribution in [0.3, 0.4) is 0 Å². The van der Waals surface area contributed by atoms with E-state index in [0.29, 0.717) is 0 Å². The van der Waals surface area contributed by atoms with E-state index in [0.717, 1.165) is 54.6 Å². The SMILES string of the molecule is COc1cccc(Cl)c1CN1CCC[C@H]([C@H](O)c2nccn2C)C1. The number of aliphatic hydroxyl groups is 1. The van der Waals surface area contributed by atoms with E-state index in [4.69, 9.17) is 16.3 Å². The molecule has 0 saturated carbocycles. The summed E-state index contributed by atoms with van der Waals surface area (Å²) in [5, 5.41) is 11.4. The van der Waals surface area contributed by atoms with Crippen molar-refractivity contribution in [1.29, 1.82) is 0 Å². The zero-order valence-electron chi connectivity index (χ0n) is 14.2. The summed E-state index contributed by atoms with van der Waals surface area (Å²) >= 11 is 6.36. The number of hydrogen-bond donors (Lipinski definition) is 1. The van der Waals surface area contributed by atoms with Gasteiger partial charge < -0.3 is 14.4 Å². The first kappa shape index (κ1) is 17.3. The fourth-order valence-electron chi connectivity index (χ4n) is 3.47. The molecule has 2 heterocycles. The van der Waals surface area contributed by atoms with Crippen LogP contribution in [0.25, 0.3) is 0 Å². The number of methoxy groups -OCH3 is 1. The van der Waals surface area contributed by atoms with Crippen LogP contribution in [0.2, 0.25) is 5.02 Å². The lowest BCUT2D eigenvalue weighted by Crippen LogP contribution is -2.38. The van der Waals surface area contributed by atoms with E-state index in [1.165, 1.54) is 0 Å². The number of hydrogen-bond acceptors (Lipinski definition) is 4. The van der Waals surface area contributed by atoms with Gasteiger partial charge in [0.25, 0.3) is 0 Å². The Balaban J connectivity index is 1.71. The smallest absolute Gasteiger partial charge is 0.137 e. The van der Waals surface area contributed by atoms with Crippen LogP contribution in [0.15, 0.2) is 30.6 Å². The summed E-state index contributed by atoms with van der Waals surface area (Å²) in [4.78, 5) is 6.63. The summed E-state index contributed by atoms with van der Waals surface area (Å²) in [7, 11) is 3.58. The lowest BCUT2D eigenvalue weighted by molar-refractivity contribution is 0.0403. The van der Waals surface area contributed by atoms with Crippen LogP contribution in [0.1, 0.15) is 30.3 Å². The van der Waals surface area contributed by atoms with Crippen LogP contribution in [0.5, 0.6) is 5.75 Å². The van der Waals surface area contributed by atoms with E-state index in [2.05, 4.69) is 9.88 Å². The van der Waals surface area contributed by atoms with Gasteiger partial charge in [-0.25, -0.2) is 4.98 Å². The van der Waals surface area contributed by atoms with Crippen molar-refractivity contribution in [3.05, 3.63) is 47.0 Å². The summed E-state index contributed by atoms with van der Waals surface area (Å²) in [6, 6.07) is 5.73. The number of piperidine rings is 1. The molecule has 1 aromatic carbocycles. The van der Waals surface area contributed by atoms with E-state index in [1.54, 1.807) is 13.3 Å². The zero-order valence-corrected chi connectivity index (χ0v) is 14.9. The standard InChI is InChI=1S/C18H24ClN3O2/c1-21-10-8-20-18(21)17(23)13-5-4-9-22(11-13)12-14-15(19)6-3-7-16(14)24-2/h3,6-8,10,13,17,23H,4-5,9,11-12H2,1-2H3/t13-,17-/m0/s1. The maximum Gasteiger partial charge on any atom is 0.137 e. The van der Waals surface area contributed by atoms with Gasteiger partial charge in [0.15, 0.2) is 0 Å². The van der Waals surface area contributed by atoms with E-state index < -0.39 is 6.10 Å². The normalized spacial score (nSPS) is 20.1. The highest BCUT2D eigenvalue weighted by molar-refractivity contribution is 6.31. The van der Waals surface area contributed by atoms with Crippen molar-refractivity contribution in [2.75, 3.05) is 20.2 Å². The average Bonchev–Trinajstić information content (AvgIpc) is 3.02. The van der Waals surface area contributed by atoms with E-state index in [-0.39, 0.29) is 5.92 Å². The number of benzene rings is 1. The highest BCUT2D eigenvalue weighted by Crippen LogP contribution is 2.32. The number of aliphatic hydroxyl groups excluding tert-OH is 1. The molecule has 1 N–H and O–H groups in total. The van der Waals surface area contributed by atoms with Crippen molar-refractivity contribution in [2.24, 2.45) is 13.0 Å². The quantitative estimate of drug-likeness (QED) is 0.901. The van der Waals surface area contributed by atoms with Crippen molar-refractivity contribution in [3.8, 4) is 5.75 Å². The maximum atomic E-state index is 10.7. The summed E-state index contributed by atoms with van der Waals surface area (Å²) in [6.07, 6.45) is 5.12. The third kappa shape index (κ3) is 3.58. The van der Waals surface area contributed by atoms with Gasteiger partial charge in [-0.05, 0) is 31.5 Å². The minimum absolute atomic E-state index is 0.174. The van der Waals surface area contributed by atoms with E-state index in [9.17, 15) is 5.11 Å². The molecule has 24 heavy (non-hydrogen) atoms. The Kier molecular flexibility index (Phi) is 5.43. The summed E-state index contributed by atoms with van der Waals surface area (Å²) < 4.78 is 7.33. The first-order valence-electron chi connectivity index (χ1n) is 8.29. The minimum Gasteiger partial charge on any atom is -0.496 e. The fraction of sp³-hybridized carbons (Fsp3) is 0.500. The number of aromatic nitrogens is 2. The van der Waals surface area contributed by atoms with Crippen molar-refractivity contribution in [2.45, 2.75) is 25.5 Å². The molecular formula is C18H24ClN3O2. The fourth-order valence-corrected chi connectivity index (χ4v) is 3.70. The van der Waals surface area contributed by atoms with Crippen molar-refractivity contribution in [3.63, 3.8) is 0 Å². The van der Waals surface area contributed by atoms with Gasteiger partial charge in [-0.15, -0.1) is 0 Å². The Morgan fingerprint density at radius 2 is 2.29 bits per heavy atom. The van der Waals surface area contributed by atoms with E-state index in [1.807, 2.05) is 36.0 Å². The number of nitrogens with zero attached hydrogens (tertiary/aromatic N) is 3. The lowest BCUT2D eigenvalue weighted by atomic mass is 9.91. The van der Waals surface area contributed by atoms with Crippen molar-refractivity contribution < 1.29 is 9.84 Å². The molecule has 2 aromatic rings. The molecule has 1 aromatic heterocycles. The van der Waals surface area contributed by atoms with Crippen LogP contribution in [-0.2, 0) is 13.6 Å². The Bertz CT molecular complexity index is 689. The summed E-state index contributed by atoms with van der Waals surface area (Å²) in [5.74, 6) is 1.72. The lowest BCUT2D eigenvalue weighted by Gasteiger charge is -2.35. The third-order valence-electron chi connectivity index (χ3n) is 4.79. The molecule has 0 unspecified atom stereocenters. The number of ether oxygens (including phenoxy) is 1. The van der Waals surface area contributed by atoms with Crippen molar-refractivity contribution >= 4 is 11.6 Å². The number of imidazole rings is 1. The van der Waals surface area contributed by atoms with Crippen LogP contribution >= 0.6 is 11.6 Å². The number of likely N-dealkylation sites (tertiary alicyclic amines) is 1. The monoisotopic (exact) mass is 349 g/mol. The number of halogens is 1. The molecule has 0 bridgehead atoms. The van der Waals surface area contributed by atoms with Crippen LogP contribution in [-0.4, -0.2) is 39.8 Å². The second-order valence-electron chi connectivity index (χ2n) is 6.40.